The Kier molecular flexibility index (Phi) is 5.46. The highest BCUT2D eigenvalue weighted by molar-refractivity contribution is 5.92. The Morgan fingerprint density at radius 2 is 1.96 bits per heavy atom. The van der Waals surface area contributed by atoms with Gasteiger partial charge >= 0.3 is 5.97 Å². The summed E-state index contributed by atoms with van der Waals surface area (Å²) in [4.78, 5) is 15.7. The van der Waals surface area contributed by atoms with Gasteiger partial charge in [-0.05, 0) is 36.2 Å². The summed E-state index contributed by atoms with van der Waals surface area (Å²) in [6, 6.07) is 6.93. The van der Waals surface area contributed by atoms with E-state index in [0.29, 0.717) is 24.3 Å². The van der Waals surface area contributed by atoms with Gasteiger partial charge in [0.15, 0.2) is 11.6 Å². The summed E-state index contributed by atoms with van der Waals surface area (Å²) in [6.45, 7) is 0.457. The van der Waals surface area contributed by atoms with E-state index in [4.69, 9.17) is 4.74 Å². The summed E-state index contributed by atoms with van der Waals surface area (Å²) in [5, 5.41) is 3.03. The van der Waals surface area contributed by atoms with Crippen LogP contribution in [0.15, 0.2) is 30.3 Å². The van der Waals surface area contributed by atoms with Crippen LogP contribution >= 0.6 is 0 Å². The Balaban J connectivity index is 2.00. The second kappa shape index (κ2) is 7.53. The lowest BCUT2D eigenvalue weighted by Gasteiger charge is -2.10. The third kappa shape index (κ3) is 4.15. The van der Waals surface area contributed by atoms with Crippen LogP contribution in [-0.2, 0) is 11.2 Å². The molecule has 122 valence electrons. The molecule has 2 aromatic rings. The van der Waals surface area contributed by atoms with Gasteiger partial charge in [-0.2, -0.15) is 4.98 Å². The van der Waals surface area contributed by atoms with Crippen LogP contribution in [0.4, 0.5) is 14.6 Å². The van der Waals surface area contributed by atoms with E-state index in [1.807, 2.05) is 0 Å². The molecule has 0 atom stereocenters. The SMILES string of the molecule is COC(=O)c1ccc(NCCc2ccc(F)c(F)c2)nc1OC. The predicted octanol–water partition coefficient (Wildman–Crippen LogP) is 2.81. The molecule has 1 aromatic carbocycles. The molecule has 0 saturated carbocycles. The van der Waals surface area contributed by atoms with E-state index < -0.39 is 17.6 Å². The van der Waals surface area contributed by atoms with E-state index >= 15 is 0 Å². The monoisotopic (exact) mass is 322 g/mol. The minimum absolute atomic E-state index is 0.148. The molecule has 0 bridgehead atoms. The van der Waals surface area contributed by atoms with E-state index in [9.17, 15) is 13.6 Å². The zero-order chi connectivity index (χ0) is 16.8. The Hall–Kier alpha value is -2.70. The number of rotatable bonds is 6. The van der Waals surface area contributed by atoms with Crippen molar-refractivity contribution in [3.63, 3.8) is 0 Å². The number of carbonyl (C=O) groups excluding carboxylic acids is 1. The van der Waals surface area contributed by atoms with Crippen LogP contribution < -0.4 is 10.1 Å². The number of hydrogen-bond acceptors (Lipinski definition) is 5. The Bertz CT molecular complexity index is 708. The fourth-order valence-corrected chi connectivity index (χ4v) is 1.99. The van der Waals surface area contributed by atoms with Crippen LogP contribution in [0.1, 0.15) is 15.9 Å². The number of halogens is 2. The Morgan fingerprint density at radius 3 is 2.61 bits per heavy atom. The number of nitrogens with zero attached hydrogens (tertiary/aromatic N) is 1. The van der Waals surface area contributed by atoms with Gasteiger partial charge in [-0.25, -0.2) is 13.6 Å². The molecule has 23 heavy (non-hydrogen) atoms. The molecule has 0 unspecified atom stereocenters. The largest absolute Gasteiger partial charge is 0.480 e. The first-order chi connectivity index (χ1) is 11.0. The fraction of sp³-hybridized carbons (Fsp3) is 0.250. The van der Waals surface area contributed by atoms with Crippen molar-refractivity contribution in [2.24, 2.45) is 0 Å². The fourth-order valence-electron chi connectivity index (χ4n) is 1.99. The maximum Gasteiger partial charge on any atom is 0.343 e. The van der Waals surface area contributed by atoms with Crippen LogP contribution in [0.5, 0.6) is 5.88 Å². The van der Waals surface area contributed by atoms with Gasteiger partial charge in [-0.3, -0.25) is 0 Å². The van der Waals surface area contributed by atoms with Crippen LogP contribution in [0, 0.1) is 11.6 Å². The molecule has 1 aromatic heterocycles. The minimum Gasteiger partial charge on any atom is -0.480 e. The predicted molar refractivity (Wildman–Crippen MR) is 80.7 cm³/mol. The molecule has 5 nitrogen and oxygen atoms in total. The van der Waals surface area contributed by atoms with Gasteiger partial charge < -0.3 is 14.8 Å². The van der Waals surface area contributed by atoms with Crippen LogP contribution in [0.2, 0.25) is 0 Å². The Labute approximate surface area is 132 Å². The molecule has 2 rings (SSSR count). The number of pyridine rings is 1. The molecule has 1 N–H and O–H groups in total. The third-order valence-electron chi connectivity index (χ3n) is 3.16. The molecule has 0 spiro atoms. The molecule has 0 amide bonds. The third-order valence-corrected chi connectivity index (χ3v) is 3.16. The number of benzene rings is 1. The number of carbonyl (C=O) groups is 1. The lowest BCUT2D eigenvalue weighted by atomic mass is 10.1. The van der Waals surface area contributed by atoms with Crippen molar-refractivity contribution >= 4 is 11.8 Å². The maximum atomic E-state index is 13.1. The van der Waals surface area contributed by atoms with Crippen molar-refractivity contribution in [1.29, 1.82) is 0 Å². The van der Waals surface area contributed by atoms with E-state index in [2.05, 4.69) is 15.0 Å². The van der Waals surface area contributed by atoms with Crippen molar-refractivity contribution in [3.8, 4) is 5.88 Å². The topological polar surface area (TPSA) is 60.5 Å². The zero-order valence-corrected chi connectivity index (χ0v) is 12.7. The normalized spacial score (nSPS) is 10.3. The number of aromatic nitrogens is 1. The lowest BCUT2D eigenvalue weighted by molar-refractivity contribution is 0.0596. The number of anilines is 1. The summed E-state index contributed by atoms with van der Waals surface area (Å²) in [6.07, 6.45) is 0.486. The number of methoxy groups -OCH3 is 2. The summed E-state index contributed by atoms with van der Waals surface area (Å²) in [5.41, 5.74) is 0.885. The minimum atomic E-state index is -0.871. The molecule has 0 saturated heterocycles. The van der Waals surface area contributed by atoms with E-state index in [1.54, 1.807) is 6.07 Å². The molecule has 0 aliphatic heterocycles. The summed E-state index contributed by atoms with van der Waals surface area (Å²) >= 11 is 0. The van der Waals surface area contributed by atoms with Gasteiger partial charge in [0.1, 0.15) is 11.4 Å². The van der Waals surface area contributed by atoms with Gasteiger partial charge in [0.2, 0.25) is 5.88 Å². The van der Waals surface area contributed by atoms with Gasteiger partial charge in [0.25, 0.3) is 0 Å². The smallest absolute Gasteiger partial charge is 0.343 e. The highest BCUT2D eigenvalue weighted by Gasteiger charge is 2.14. The average Bonchev–Trinajstić information content (AvgIpc) is 2.57. The van der Waals surface area contributed by atoms with Crippen LogP contribution in [0.3, 0.4) is 0 Å². The standard InChI is InChI=1S/C16H16F2N2O3/c1-22-15-11(16(21)23-2)4-6-14(20-15)19-8-7-10-3-5-12(17)13(18)9-10/h3-6,9H,7-8H2,1-2H3,(H,19,20). The van der Waals surface area contributed by atoms with Crippen molar-refractivity contribution in [2.45, 2.75) is 6.42 Å². The molecule has 1 heterocycles. The number of nitrogens with one attached hydrogen (secondary N) is 1. The summed E-state index contributed by atoms with van der Waals surface area (Å²) < 4.78 is 35.7. The Morgan fingerprint density at radius 1 is 1.17 bits per heavy atom. The van der Waals surface area contributed by atoms with Crippen LogP contribution in [-0.4, -0.2) is 31.7 Å². The summed E-state index contributed by atoms with van der Waals surface area (Å²) in [5.74, 6) is -1.63. The first-order valence-electron chi connectivity index (χ1n) is 6.86. The molecule has 7 heteroatoms. The number of hydrogen-bond donors (Lipinski definition) is 1. The zero-order valence-electron chi connectivity index (χ0n) is 12.7. The second-order valence-corrected chi connectivity index (χ2v) is 4.67. The first-order valence-corrected chi connectivity index (χ1v) is 6.86. The van der Waals surface area contributed by atoms with Crippen molar-refractivity contribution in [2.75, 3.05) is 26.1 Å². The van der Waals surface area contributed by atoms with Crippen LogP contribution in [0.25, 0.3) is 0 Å². The van der Waals surface area contributed by atoms with E-state index in [-0.39, 0.29) is 11.4 Å². The van der Waals surface area contributed by atoms with Gasteiger partial charge in [-0.15, -0.1) is 0 Å². The van der Waals surface area contributed by atoms with Gasteiger partial charge in [0.05, 0.1) is 14.2 Å². The van der Waals surface area contributed by atoms with Crippen molar-refractivity contribution in [1.82, 2.24) is 4.98 Å². The lowest BCUT2D eigenvalue weighted by Crippen LogP contribution is -2.10. The molecule has 0 radical (unpaired) electrons. The summed E-state index contributed by atoms with van der Waals surface area (Å²) in [7, 11) is 2.68. The number of esters is 1. The first kappa shape index (κ1) is 16.7. The van der Waals surface area contributed by atoms with Crippen molar-refractivity contribution < 1.29 is 23.0 Å². The maximum absolute atomic E-state index is 13.1. The molecular formula is C16H16F2N2O3. The van der Waals surface area contributed by atoms with Gasteiger partial charge in [0, 0.05) is 6.54 Å². The highest BCUT2D eigenvalue weighted by Crippen LogP contribution is 2.19. The van der Waals surface area contributed by atoms with E-state index in [1.165, 1.54) is 26.4 Å². The van der Waals surface area contributed by atoms with Gasteiger partial charge in [-0.1, -0.05) is 6.07 Å². The molecule has 0 aliphatic carbocycles. The molecule has 0 aliphatic rings. The molecule has 0 fully saturated rings. The quantitative estimate of drug-likeness (QED) is 0.829. The highest BCUT2D eigenvalue weighted by atomic mass is 19.2. The number of ether oxygens (including phenoxy) is 2. The van der Waals surface area contributed by atoms with E-state index in [0.717, 1.165) is 12.1 Å². The van der Waals surface area contributed by atoms with Crippen molar-refractivity contribution in [3.05, 3.63) is 53.1 Å². The second-order valence-electron chi connectivity index (χ2n) is 4.67. The molecular weight excluding hydrogens is 306 g/mol. The average molecular weight is 322 g/mol.